The highest BCUT2D eigenvalue weighted by atomic mass is 79.9. The molecule has 0 spiro atoms. The lowest BCUT2D eigenvalue weighted by Crippen LogP contribution is -1.99. The van der Waals surface area contributed by atoms with Crippen LogP contribution in [0.25, 0.3) is 42.7 Å². The molecule has 7 heteroatoms. The van der Waals surface area contributed by atoms with Gasteiger partial charge in [0.25, 0.3) is 0 Å². The number of benzene rings is 4. The summed E-state index contributed by atoms with van der Waals surface area (Å²) in [6.07, 6.45) is 0. The monoisotopic (exact) mass is 632 g/mol. The Labute approximate surface area is 233 Å². The molecule has 0 aliphatic rings. The molecular weight excluding hydrogens is 616 g/mol. The molecule has 0 saturated heterocycles. The van der Waals surface area contributed by atoms with Crippen LogP contribution in [0.2, 0.25) is 0 Å². The van der Waals surface area contributed by atoms with E-state index in [1.54, 1.807) is 0 Å². The molecule has 0 radical (unpaired) electrons. The van der Waals surface area contributed by atoms with E-state index in [9.17, 15) is 4.79 Å². The number of thiazole rings is 2. The molecule has 36 heavy (non-hydrogen) atoms. The zero-order chi connectivity index (χ0) is 25.0. The van der Waals surface area contributed by atoms with Crippen LogP contribution in [0.1, 0.15) is 25.9 Å². The summed E-state index contributed by atoms with van der Waals surface area (Å²) in [6, 6.07) is 24.7. The number of hydrogen-bond donors (Lipinski definition) is 0. The number of carbonyl (C=O) groups is 1. The van der Waals surface area contributed by atoms with Crippen LogP contribution in [0.5, 0.6) is 0 Å². The Morgan fingerprint density at radius 3 is 1.53 bits per heavy atom. The second kappa shape index (κ2) is 9.30. The lowest BCUT2D eigenvalue weighted by molar-refractivity contribution is 0.103. The second-order valence-electron chi connectivity index (χ2n) is 8.59. The number of para-hydroxylation sites is 2. The van der Waals surface area contributed by atoms with E-state index in [-0.39, 0.29) is 5.78 Å². The normalized spacial score (nSPS) is 11.4. The second-order valence-corrected chi connectivity index (χ2v) is 12.5. The Morgan fingerprint density at radius 2 is 1.08 bits per heavy atom. The van der Waals surface area contributed by atoms with Crippen molar-refractivity contribution in [3.05, 3.63) is 103 Å². The molecule has 0 amide bonds. The zero-order valence-corrected chi connectivity index (χ0v) is 24.1. The van der Waals surface area contributed by atoms with Crippen molar-refractivity contribution in [1.82, 2.24) is 9.97 Å². The first-order valence-electron chi connectivity index (χ1n) is 11.3. The van der Waals surface area contributed by atoms with Gasteiger partial charge in [-0.2, -0.15) is 0 Å². The van der Waals surface area contributed by atoms with E-state index >= 15 is 0 Å². The number of aromatic nitrogens is 2. The Morgan fingerprint density at radius 1 is 0.639 bits per heavy atom. The third kappa shape index (κ3) is 4.14. The third-order valence-electron chi connectivity index (χ3n) is 6.21. The standard InChI is InChI=1S/C29H18Br2N2OS2/c1-15-9-11-17(30)13-21(15)19-5-3-7-23-25(19)32-28(35-23)27(34)29-33-26-20(6-4-8-24(26)36-29)22-14-18(31)12-10-16(22)2/h3-14H,1-2H3. The smallest absolute Gasteiger partial charge is 0.250 e. The zero-order valence-electron chi connectivity index (χ0n) is 19.3. The van der Waals surface area contributed by atoms with Gasteiger partial charge in [-0.3, -0.25) is 4.79 Å². The fraction of sp³-hybridized carbons (Fsp3) is 0.0690. The number of aryl methyl sites for hydroxylation is 2. The van der Waals surface area contributed by atoms with Gasteiger partial charge >= 0.3 is 0 Å². The van der Waals surface area contributed by atoms with Crippen LogP contribution in [0.3, 0.4) is 0 Å². The van der Waals surface area contributed by atoms with Gasteiger partial charge in [0.15, 0.2) is 10.0 Å². The fourth-order valence-corrected chi connectivity index (χ4v) is 7.04. The van der Waals surface area contributed by atoms with Crippen LogP contribution in [-0.4, -0.2) is 15.8 Å². The molecule has 6 rings (SSSR count). The van der Waals surface area contributed by atoms with Gasteiger partial charge in [0.2, 0.25) is 5.78 Å². The van der Waals surface area contributed by atoms with E-state index in [2.05, 4.69) is 82.1 Å². The number of carbonyl (C=O) groups excluding carboxylic acids is 1. The quantitative estimate of drug-likeness (QED) is 0.182. The van der Waals surface area contributed by atoms with E-state index < -0.39 is 0 Å². The molecule has 3 nitrogen and oxygen atoms in total. The SMILES string of the molecule is Cc1ccc(Br)cc1-c1cccc2sc(C(=O)c3nc4c(-c5cc(Br)ccc5C)cccc4s3)nc12. The van der Waals surface area contributed by atoms with Crippen molar-refractivity contribution in [2.24, 2.45) is 0 Å². The van der Waals surface area contributed by atoms with E-state index in [0.717, 1.165) is 62.8 Å². The predicted molar refractivity (Wildman–Crippen MR) is 158 cm³/mol. The number of ketones is 1. The maximum atomic E-state index is 13.6. The van der Waals surface area contributed by atoms with E-state index in [1.165, 1.54) is 22.7 Å². The Kier molecular flexibility index (Phi) is 6.12. The van der Waals surface area contributed by atoms with Crippen LogP contribution in [0.15, 0.2) is 81.7 Å². The molecule has 0 N–H and O–H groups in total. The maximum absolute atomic E-state index is 13.6. The van der Waals surface area contributed by atoms with Crippen LogP contribution in [0, 0.1) is 13.8 Å². The van der Waals surface area contributed by atoms with E-state index in [1.807, 2.05) is 36.4 Å². The van der Waals surface area contributed by atoms with Gasteiger partial charge in [0, 0.05) is 20.1 Å². The summed E-state index contributed by atoms with van der Waals surface area (Å²) < 4.78 is 4.00. The molecule has 176 valence electrons. The summed E-state index contributed by atoms with van der Waals surface area (Å²) in [4.78, 5) is 23.3. The number of fused-ring (bicyclic) bond motifs is 2. The van der Waals surface area contributed by atoms with Gasteiger partial charge < -0.3 is 0 Å². The molecule has 0 aliphatic carbocycles. The average molecular weight is 634 g/mol. The molecular formula is C29H18Br2N2OS2. The molecule has 6 aromatic rings. The molecule has 4 aromatic carbocycles. The van der Waals surface area contributed by atoms with Gasteiger partial charge in [-0.1, -0.05) is 68.3 Å². The molecule has 0 saturated carbocycles. The fourth-order valence-electron chi connectivity index (χ4n) is 4.39. The minimum atomic E-state index is -0.133. The Bertz CT molecular complexity index is 1690. The highest BCUT2D eigenvalue weighted by Crippen LogP contribution is 2.38. The van der Waals surface area contributed by atoms with Crippen molar-refractivity contribution in [3.63, 3.8) is 0 Å². The van der Waals surface area contributed by atoms with Crippen LogP contribution < -0.4 is 0 Å². The van der Waals surface area contributed by atoms with Crippen molar-refractivity contribution in [3.8, 4) is 22.3 Å². The summed E-state index contributed by atoms with van der Waals surface area (Å²) in [6.45, 7) is 4.18. The van der Waals surface area contributed by atoms with E-state index in [0.29, 0.717) is 10.0 Å². The maximum Gasteiger partial charge on any atom is 0.250 e. The largest absolute Gasteiger partial charge is 0.283 e. The topological polar surface area (TPSA) is 42.9 Å². The minimum Gasteiger partial charge on any atom is -0.283 e. The number of rotatable bonds is 4. The lowest BCUT2D eigenvalue weighted by atomic mass is 10.00. The molecule has 0 unspecified atom stereocenters. The molecule has 2 heterocycles. The molecule has 0 fully saturated rings. The van der Waals surface area contributed by atoms with Gasteiger partial charge in [-0.05, 0) is 72.5 Å². The summed E-state index contributed by atoms with van der Waals surface area (Å²) in [5.41, 5.74) is 8.27. The van der Waals surface area contributed by atoms with Gasteiger partial charge in [0.05, 0.1) is 20.4 Å². The van der Waals surface area contributed by atoms with Crippen molar-refractivity contribution in [2.75, 3.05) is 0 Å². The summed E-state index contributed by atoms with van der Waals surface area (Å²) in [7, 11) is 0. The highest BCUT2D eigenvalue weighted by molar-refractivity contribution is 9.10. The van der Waals surface area contributed by atoms with Gasteiger partial charge in [0.1, 0.15) is 0 Å². The van der Waals surface area contributed by atoms with Crippen molar-refractivity contribution < 1.29 is 4.79 Å². The number of halogens is 2. The first-order valence-corrected chi connectivity index (χ1v) is 14.5. The molecule has 0 bridgehead atoms. The molecule has 0 aliphatic heterocycles. The van der Waals surface area contributed by atoms with Crippen LogP contribution in [-0.2, 0) is 0 Å². The minimum absolute atomic E-state index is 0.133. The van der Waals surface area contributed by atoms with Gasteiger partial charge in [-0.15, -0.1) is 22.7 Å². The number of nitrogens with zero attached hydrogens (tertiary/aromatic N) is 2. The van der Waals surface area contributed by atoms with Crippen LogP contribution >= 0.6 is 54.5 Å². The first kappa shape index (κ1) is 23.7. The molecule has 2 aromatic heterocycles. The lowest BCUT2D eigenvalue weighted by Gasteiger charge is -2.07. The predicted octanol–water partition coefficient (Wildman–Crippen LogP) is 9.61. The summed E-state index contributed by atoms with van der Waals surface area (Å²) in [5.74, 6) is -0.133. The van der Waals surface area contributed by atoms with E-state index in [4.69, 9.17) is 9.97 Å². The number of hydrogen-bond acceptors (Lipinski definition) is 5. The average Bonchev–Trinajstić information content (AvgIpc) is 3.51. The third-order valence-corrected chi connectivity index (χ3v) is 9.23. The summed E-state index contributed by atoms with van der Waals surface area (Å²) in [5, 5.41) is 0.925. The summed E-state index contributed by atoms with van der Waals surface area (Å²) >= 11 is 10.0. The van der Waals surface area contributed by atoms with Crippen molar-refractivity contribution >= 4 is 80.7 Å². The van der Waals surface area contributed by atoms with Gasteiger partial charge in [-0.25, -0.2) is 9.97 Å². The Balaban J connectivity index is 1.45. The van der Waals surface area contributed by atoms with Crippen molar-refractivity contribution in [2.45, 2.75) is 13.8 Å². The Hall–Kier alpha value is -2.71. The van der Waals surface area contributed by atoms with Crippen molar-refractivity contribution in [1.29, 1.82) is 0 Å². The molecule has 0 atom stereocenters. The highest BCUT2D eigenvalue weighted by Gasteiger charge is 2.22. The van der Waals surface area contributed by atoms with Crippen LogP contribution in [0.4, 0.5) is 0 Å². The first-order chi connectivity index (χ1) is 17.4.